The molecule has 7 rings (SSSR count). The summed E-state index contributed by atoms with van der Waals surface area (Å²) in [6.45, 7) is 12.8. The number of carbonyl (C=O) groups is 5. The van der Waals surface area contributed by atoms with E-state index in [9.17, 15) is 24.0 Å². The monoisotopic (exact) mass is 684 g/mol. The average Bonchev–Trinajstić information content (AvgIpc) is 3.65. The number of nitrogens with zero attached hydrogens (tertiary/aromatic N) is 5. The van der Waals surface area contributed by atoms with Gasteiger partial charge in [0.1, 0.15) is 11.6 Å². The first-order chi connectivity index (χ1) is 23.9. The molecule has 0 aromatic heterocycles. The van der Waals surface area contributed by atoms with Gasteiger partial charge in [-0.3, -0.25) is 34.3 Å². The molecule has 5 aliphatic heterocycles. The van der Waals surface area contributed by atoms with Gasteiger partial charge in [0.15, 0.2) is 0 Å². The van der Waals surface area contributed by atoms with Crippen molar-refractivity contribution in [3.8, 4) is 0 Å². The molecular formula is C38H48N6O6. The van der Waals surface area contributed by atoms with Crippen LogP contribution < -0.4 is 10.2 Å². The molecule has 0 bridgehead atoms. The number of ether oxygens (including phenoxy) is 1. The molecule has 5 heterocycles. The third-order valence-corrected chi connectivity index (χ3v) is 10.7. The van der Waals surface area contributed by atoms with Gasteiger partial charge in [-0.2, -0.15) is 0 Å². The number of hydrogen-bond donors (Lipinski definition) is 1. The predicted molar refractivity (Wildman–Crippen MR) is 186 cm³/mol. The van der Waals surface area contributed by atoms with E-state index in [0.717, 1.165) is 56.8 Å². The van der Waals surface area contributed by atoms with Gasteiger partial charge in [0.25, 0.3) is 5.91 Å². The van der Waals surface area contributed by atoms with Crippen LogP contribution in [0.5, 0.6) is 0 Å². The van der Waals surface area contributed by atoms with E-state index in [1.165, 1.54) is 16.7 Å². The van der Waals surface area contributed by atoms with Crippen molar-refractivity contribution in [2.75, 3.05) is 44.2 Å². The smallest absolute Gasteiger partial charge is 0.410 e. The summed E-state index contributed by atoms with van der Waals surface area (Å²) < 4.78 is 5.57. The molecule has 266 valence electrons. The lowest BCUT2D eigenvalue weighted by molar-refractivity contribution is -0.137. The summed E-state index contributed by atoms with van der Waals surface area (Å²) in [6, 6.07) is 11.8. The van der Waals surface area contributed by atoms with Crippen molar-refractivity contribution in [2.24, 2.45) is 5.92 Å². The van der Waals surface area contributed by atoms with Crippen molar-refractivity contribution in [3.05, 3.63) is 64.2 Å². The molecule has 0 radical (unpaired) electrons. The lowest BCUT2D eigenvalue weighted by Crippen LogP contribution is -2.52. The summed E-state index contributed by atoms with van der Waals surface area (Å²) in [5, 5.41) is 2.35. The van der Waals surface area contributed by atoms with Crippen molar-refractivity contribution in [1.82, 2.24) is 24.9 Å². The molecule has 3 fully saturated rings. The fourth-order valence-corrected chi connectivity index (χ4v) is 7.96. The molecular weight excluding hydrogens is 636 g/mol. The SMILES string of the molecule is CC(C)(C)OC(=O)N1Cc2ccc(CN3CCC(CC(=O)N4CCN(c5ccc6c(c5)CN(C5CCC(=O)NC5=O)C6=O)CC4)CC3)cc2C1. The maximum absolute atomic E-state index is 13.3. The Balaban J connectivity index is 0.845. The summed E-state index contributed by atoms with van der Waals surface area (Å²) in [7, 11) is 0. The van der Waals surface area contributed by atoms with E-state index in [1.807, 2.05) is 43.9 Å². The predicted octanol–water partition coefficient (Wildman–Crippen LogP) is 3.65. The van der Waals surface area contributed by atoms with Gasteiger partial charge in [0, 0.05) is 76.5 Å². The number of piperidine rings is 2. The third kappa shape index (κ3) is 7.35. The highest BCUT2D eigenvalue weighted by Gasteiger charge is 2.39. The van der Waals surface area contributed by atoms with E-state index < -0.39 is 17.6 Å². The quantitative estimate of drug-likeness (QED) is 0.458. The number of nitrogens with one attached hydrogen (secondary N) is 1. The first kappa shape index (κ1) is 34.0. The molecule has 1 N–H and O–H groups in total. The fraction of sp³-hybridized carbons (Fsp3) is 0.553. The Kier molecular flexibility index (Phi) is 9.32. The topological polar surface area (TPSA) is 123 Å². The highest BCUT2D eigenvalue weighted by molar-refractivity contribution is 6.05. The first-order valence-electron chi connectivity index (χ1n) is 18.0. The Morgan fingerprint density at radius 3 is 2.28 bits per heavy atom. The van der Waals surface area contributed by atoms with Gasteiger partial charge in [-0.15, -0.1) is 0 Å². The standard InChI is InChI=1S/C38H48N6O6/c1-38(2,3)50-37(49)43-22-27-5-4-26(18-28(27)23-43)21-40-12-10-25(11-13-40)19-34(46)42-16-14-41(15-17-42)30-6-7-31-29(20-30)24-44(36(31)48)32-8-9-33(45)39-35(32)47/h4-7,18,20,25,32H,8-17,19,21-24H2,1-3H3,(H,39,45,47). The summed E-state index contributed by atoms with van der Waals surface area (Å²) >= 11 is 0. The minimum Gasteiger partial charge on any atom is -0.444 e. The molecule has 5 aliphatic rings. The summed E-state index contributed by atoms with van der Waals surface area (Å²) in [5.41, 5.74) is 5.63. The number of likely N-dealkylation sites (tertiary alicyclic amines) is 1. The zero-order valence-corrected chi connectivity index (χ0v) is 29.4. The lowest BCUT2D eigenvalue weighted by Gasteiger charge is -2.37. The zero-order chi connectivity index (χ0) is 35.2. The number of anilines is 1. The Bertz CT molecular complexity index is 1690. The normalized spacial score (nSPS) is 21.7. The molecule has 2 aromatic rings. The van der Waals surface area contributed by atoms with Crippen molar-refractivity contribution < 1.29 is 28.7 Å². The second-order valence-electron chi connectivity index (χ2n) is 15.5. The second-order valence-corrected chi connectivity index (χ2v) is 15.5. The maximum atomic E-state index is 13.3. The van der Waals surface area contributed by atoms with Gasteiger partial charge in [-0.25, -0.2) is 4.79 Å². The van der Waals surface area contributed by atoms with Gasteiger partial charge in [0.05, 0.1) is 0 Å². The number of fused-ring (bicyclic) bond motifs is 2. The van der Waals surface area contributed by atoms with Crippen LogP contribution in [0.1, 0.15) is 85.5 Å². The summed E-state index contributed by atoms with van der Waals surface area (Å²) in [4.78, 5) is 73.0. The van der Waals surface area contributed by atoms with Crippen molar-refractivity contribution in [1.29, 1.82) is 0 Å². The van der Waals surface area contributed by atoms with Crippen LogP contribution >= 0.6 is 0 Å². The number of carbonyl (C=O) groups excluding carboxylic acids is 5. The number of amides is 5. The minimum absolute atomic E-state index is 0.168. The van der Waals surface area contributed by atoms with Crippen LogP contribution in [0.2, 0.25) is 0 Å². The van der Waals surface area contributed by atoms with Crippen molar-refractivity contribution in [3.63, 3.8) is 0 Å². The van der Waals surface area contributed by atoms with E-state index >= 15 is 0 Å². The molecule has 1 atom stereocenters. The van der Waals surface area contributed by atoms with E-state index in [4.69, 9.17) is 4.74 Å². The number of imide groups is 1. The third-order valence-electron chi connectivity index (χ3n) is 10.7. The fourth-order valence-electron chi connectivity index (χ4n) is 7.96. The minimum atomic E-state index is -0.622. The Morgan fingerprint density at radius 2 is 1.56 bits per heavy atom. The largest absolute Gasteiger partial charge is 0.444 e. The van der Waals surface area contributed by atoms with Gasteiger partial charge >= 0.3 is 6.09 Å². The van der Waals surface area contributed by atoms with Gasteiger partial charge < -0.3 is 19.4 Å². The van der Waals surface area contributed by atoms with Crippen molar-refractivity contribution in [2.45, 2.75) is 90.7 Å². The zero-order valence-electron chi connectivity index (χ0n) is 29.4. The molecule has 1 unspecified atom stereocenters. The van der Waals surface area contributed by atoms with Crippen LogP contribution in [0.4, 0.5) is 10.5 Å². The molecule has 0 spiro atoms. The van der Waals surface area contributed by atoms with Crippen LogP contribution in [0.25, 0.3) is 0 Å². The van der Waals surface area contributed by atoms with E-state index in [1.54, 1.807) is 9.80 Å². The summed E-state index contributed by atoms with van der Waals surface area (Å²) in [6.07, 6.45) is 2.91. The van der Waals surface area contributed by atoms with E-state index in [0.29, 0.717) is 57.0 Å². The molecule has 0 aliphatic carbocycles. The molecule has 5 amide bonds. The highest BCUT2D eigenvalue weighted by Crippen LogP contribution is 2.32. The van der Waals surface area contributed by atoms with Gasteiger partial charge in [0.2, 0.25) is 17.7 Å². The number of piperazine rings is 1. The van der Waals surface area contributed by atoms with Gasteiger partial charge in [-0.05, 0) is 99.5 Å². The Morgan fingerprint density at radius 1 is 0.820 bits per heavy atom. The highest BCUT2D eigenvalue weighted by atomic mass is 16.6. The van der Waals surface area contributed by atoms with Crippen LogP contribution in [-0.2, 0) is 45.3 Å². The second kappa shape index (κ2) is 13.7. The molecule has 12 nitrogen and oxygen atoms in total. The van der Waals surface area contributed by atoms with Crippen LogP contribution in [0.3, 0.4) is 0 Å². The number of hydrogen-bond acceptors (Lipinski definition) is 8. The van der Waals surface area contributed by atoms with Crippen LogP contribution in [0.15, 0.2) is 36.4 Å². The van der Waals surface area contributed by atoms with Crippen LogP contribution in [-0.4, -0.2) is 100 Å². The molecule has 3 saturated heterocycles. The number of benzene rings is 2. The molecule has 2 aromatic carbocycles. The average molecular weight is 685 g/mol. The molecule has 0 saturated carbocycles. The lowest BCUT2D eigenvalue weighted by atomic mass is 9.92. The summed E-state index contributed by atoms with van der Waals surface area (Å²) in [5.74, 6) is -0.241. The molecule has 50 heavy (non-hydrogen) atoms. The van der Waals surface area contributed by atoms with E-state index in [2.05, 4.69) is 33.3 Å². The van der Waals surface area contributed by atoms with Gasteiger partial charge in [-0.1, -0.05) is 18.2 Å². The van der Waals surface area contributed by atoms with E-state index in [-0.39, 0.29) is 30.2 Å². The molecule has 12 heteroatoms. The van der Waals surface area contributed by atoms with Crippen LogP contribution in [0, 0.1) is 5.92 Å². The first-order valence-corrected chi connectivity index (χ1v) is 18.0. The Hall–Kier alpha value is -4.45. The Labute approximate surface area is 293 Å². The van der Waals surface area contributed by atoms with Crippen molar-refractivity contribution >= 4 is 35.4 Å². The maximum Gasteiger partial charge on any atom is 0.410 e. The number of rotatable bonds is 6.